The number of thiazole rings is 1. The van der Waals surface area contributed by atoms with E-state index in [1.54, 1.807) is 32.0 Å². The second-order valence-electron chi connectivity index (χ2n) is 5.03. The van der Waals surface area contributed by atoms with Gasteiger partial charge >= 0.3 is 5.97 Å². The van der Waals surface area contributed by atoms with Crippen molar-refractivity contribution < 1.29 is 24.2 Å². The number of carbonyl (C=O) groups excluding carboxylic acids is 1. The third-order valence-corrected chi connectivity index (χ3v) is 4.70. The van der Waals surface area contributed by atoms with E-state index in [0.29, 0.717) is 27.8 Å². The summed E-state index contributed by atoms with van der Waals surface area (Å²) < 4.78 is 10.3. The van der Waals surface area contributed by atoms with Crippen LogP contribution in [-0.4, -0.2) is 36.2 Å². The number of ether oxygens (including phenoxy) is 2. The highest BCUT2D eigenvalue weighted by Gasteiger charge is 2.21. The summed E-state index contributed by atoms with van der Waals surface area (Å²) in [5.41, 5.74) is 0.762. The number of hydrogen-bond donors (Lipinski definition) is 2. The molecule has 1 aromatic heterocycles. The van der Waals surface area contributed by atoms with E-state index >= 15 is 0 Å². The molecule has 0 aliphatic heterocycles. The molecule has 0 aliphatic carbocycles. The van der Waals surface area contributed by atoms with Crippen LogP contribution in [0.1, 0.15) is 43.7 Å². The van der Waals surface area contributed by atoms with E-state index in [1.807, 2.05) is 0 Å². The standard InChI is InChI=1S/C16H18N2O5S/c1-8-13(16(20)21)24-15(18-8)9(2)17-14(19)11-7-10(22-3)5-6-12(11)23-4/h5-7,9H,1-4H3,(H,17,19)(H,20,21). The van der Waals surface area contributed by atoms with Crippen molar-refractivity contribution in [1.82, 2.24) is 10.3 Å². The minimum Gasteiger partial charge on any atom is -0.497 e. The number of rotatable bonds is 6. The van der Waals surface area contributed by atoms with Gasteiger partial charge in [-0.15, -0.1) is 11.3 Å². The monoisotopic (exact) mass is 350 g/mol. The molecule has 1 atom stereocenters. The zero-order valence-corrected chi connectivity index (χ0v) is 14.6. The average molecular weight is 350 g/mol. The number of methoxy groups -OCH3 is 2. The summed E-state index contributed by atoms with van der Waals surface area (Å²) in [4.78, 5) is 28.0. The van der Waals surface area contributed by atoms with Gasteiger partial charge in [0.15, 0.2) is 0 Å². The van der Waals surface area contributed by atoms with Crippen LogP contribution < -0.4 is 14.8 Å². The number of carboxylic acids is 1. The van der Waals surface area contributed by atoms with Crippen molar-refractivity contribution in [2.45, 2.75) is 19.9 Å². The van der Waals surface area contributed by atoms with Crippen LogP contribution in [0.4, 0.5) is 0 Å². The molecule has 1 aromatic carbocycles. The first-order valence-electron chi connectivity index (χ1n) is 7.10. The highest BCUT2D eigenvalue weighted by molar-refractivity contribution is 7.13. The first-order valence-corrected chi connectivity index (χ1v) is 7.92. The van der Waals surface area contributed by atoms with Crippen molar-refractivity contribution in [2.75, 3.05) is 14.2 Å². The topological polar surface area (TPSA) is 97.8 Å². The van der Waals surface area contributed by atoms with Crippen molar-refractivity contribution in [3.05, 3.63) is 39.3 Å². The highest BCUT2D eigenvalue weighted by atomic mass is 32.1. The normalized spacial score (nSPS) is 11.7. The lowest BCUT2D eigenvalue weighted by Gasteiger charge is -2.14. The molecule has 0 radical (unpaired) electrons. The van der Waals surface area contributed by atoms with E-state index in [-0.39, 0.29) is 10.8 Å². The van der Waals surface area contributed by atoms with Gasteiger partial charge in [0.05, 0.1) is 31.5 Å². The fraction of sp³-hybridized carbons (Fsp3) is 0.312. The van der Waals surface area contributed by atoms with Crippen LogP contribution in [0.2, 0.25) is 0 Å². The first-order chi connectivity index (χ1) is 11.4. The molecule has 24 heavy (non-hydrogen) atoms. The summed E-state index contributed by atoms with van der Waals surface area (Å²) in [5.74, 6) is -0.430. The largest absolute Gasteiger partial charge is 0.497 e. The fourth-order valence-corrected chi connectivity index (χ4v) is 3.04. The maximum atomic E-state index is 12.5. The Balaban J connectivity index is 2.23. The average Bonchev–Trinajstić information content (AvgIpc) is 2.96. The molecule has 128 valence electrons. The SMILES string of the molecule is COc1ccc(OC)c(C(=O)NC(C)c2nc(C)c(C(=O)O)s2)c1. The molecule has 1 amide bonds. The molecule has 0 fully saturated rings. The van der Waals surface area contributed by atoms with Gasteiger partial charge in [0.1, 0.15) is 21.4 Å². The summed E-state index contributed by atoms with van der Waals surface area (Å²) in [6.45, 7) is 3.37. The summed E-state index contributed by atoms with van der Waals surface area (Å²) >= 11 is 1.05. The molecule has 0 saturated carbocycles. The summed E-state index contributed by atoms with van der Waals surface area (Å²) in [6.07, 6.45) is 0. The van der Waals surface area contributed by atoms with Crippen LogP contribution >= 0.6 is 11.3 Å². The number of benzene rings is 1. The molecule has 1 heterocycles. The third-order valence-electron chi connectivity index (χ3n) is 3.38. The Bertz CT molecular complexity index is 772. The van der Waals surface area contributed by atoms with Gasteiger partial charge in [-0.2, -0.15) is 0 Å². The number of aromatic nitrogens is 1. The van der Waals surface area contributed by atoms with Gasteiger partial charge in [0.2, 0.25) is 0 Å². The van der Waals surface area contributed by atoms with E-state index in [4.69, 9.17) is 14.6 Å². The minimum absolute atomic E-state index is 0.171. The van der Waals surface area contributed by atoms with Gasteiger partial charge < -0.3 is 19.9 Å². The molecule has 7 nitrogen and oxygen atoms in total. The lowest BCUT2D eigenvalue weighted by molar-refractivity contribution is 0.0700. The molecule has 0 aliphatic rings. The van der Waals surface area contributed by atoms with Crippen LogP contribution in [0.15, 0.2) is 18.2 Å². The van der Waals surface area contributed by atoms with Gasteiger partial charge in [-0.3, -0.25) is 4.79 Å². The number of nitrogens with zero attached hydrogens (tertiary/aromatic N) is 1. The van der Waals surface area contributed by atoms with Crippen molar-refractivity contribution in [3.8, 4) is 11.5 Å². The Morgan fingerprint density at radius 1 is 1.29 bits per heavy atom. The van der Waals surface area contributed by atoms with E-state index in [9.17, 15) is 9.59 Å². The molecule has 0 spiro atoms. The second kappa shape index (κ2) is 7.31. The number of aryl methyl sites for hydroxylation is 1. The molecular formula is C16H18N2O5S. The molecular weight excluding hydrogens is 332 g/mol. The van der Waals surface area contributed by atoms with Crippen LogP contribution in [-0.2, 0) is 0 Å². The first kappa shape index (κ1) is 17.7. The molecule has 0 saturated heterocycles. The smallest absolute Gasteiger partial charge is 0.347 e. The molecule has 2 aromatic rings. The van der Waals surface area contributed by atoms with Crippen molar-refractivity contribution in [2.24, 2.45) is 0 Å². The van der Waals surface area contributed by atoms with Crippen LogP contribution in [0.3, 0.4) is 0 Å². The lowest BCUT2D eigenvalue weighted by atomic mass is 10.1. The number of amides is 1. The minimum atomic E-state index is -1.02. The highest BCUT2D eigenvalue weighted by Crippen LogP contribution is 2.26. The Morgan fingerprint density at radius 2 is 2.00 bits per heavy atom. The molecule has 8 heteroatoms. The van der Waals surface area contributed by atoms with E-state index in [2.05, 4.69) is 10.3 Å². The Labute approximate surface area is 143 Å². The maximum Gasteiger partial charge on any atom is 0.347 e. The Kier molecular flexibility index (Phi) is 5.40. The Morgan fingerprint density at radius 3 is 2.54 bits per heavy atom. The van der Waals surface area contributed by atoms with Crippen LogP contribution in [0, 0.1) is 6.92 Å². The quantitative estimate of drug-likeness (QED) is 0.831. The van der Waals surface area contributed by atoms with Crippen LogP contribution in [0.5, 0.6) is 11.5 Å². The third kappa shape index (κ3) is 3.65. The number of carboxylic acid groups (broad SMARTS) is 1. The van der Waals surface area contributed by atoms with Gasteiger partial charge in [0, 0.05) is 0 Å². The predicted octanol–water partition coefficient (Wildman–Crippen LogP) is 2.66. The molecule has 2 N–H and O–H groups in total. The van der Waals surface area contributed by atoms with E-state index in [1.165, 1.54) is 14.2 Å². The number of nitrogens with one attached hydrogen (secondary N) is 1. The van der Waals surface area contributed by atoms with Gasteiger partial charge in [-0.25, -0.2) is 9.78 Å². The lowest BCUT2D eigenvalue weighted by Crippen LogP contribution is -2.27. The zero-order valence-electron chi connectivity index (χ0n) is 13.7. The van der Waals surface area contributed by atoms with Gasteiger partial charge in [0.25, 0.3) is 5.91 Å². The molecule has 1 unspecified atom stereocenters. The van der Waals surface area contributed by atoms with Crippen LogP contribution in [0.25, 0.3) is 0 Å². The zero-order chi connectivity index (χ0) is 17.9. The van der Waals surface area contributed by atoms with E-state index in [0.717, 1.165) is 11.3 Å². The van der Waals surface area contributed by atoms with Gasteiger partial charge in [-0.1, -0.05) is 0 Å². The Hall–Kier alpha value is -2.61. The van der Waals surface area contributed by atoms with Crippen molar-refractivity contribution >= 4 is 23.2 Å². The van der Waals surface area contributed by atoms with E-state index < -0.39 is 12.0 Å². The van der Waals surface area contributed by atoms with Crippen molar-refractivity contribution in [3.63, 3.8) is 0 Å². The summed E-state index contributed by atoms with van der Waals surface area (Å²) in [5, 5.41) is 12.4. The number of aromatic carboxylic acids is 1. The second-order valence-corrected chi connectivity index (χ2v) is 6.06. The summed E-state index contributed by atoms with van der Waals surface area (Å²) in [7, 11) is 2.99. The molecule has 2 rings (SSSR count). The summed E-state index contributed by atoms with van der Waals surface area (Å²) in [6, 6.07) is 4.48. The number of hydrogen-bond acceptors (Lipinski definition) is 6. The maximum absolute atomic E-state index is 12.5. The fourth-order valence-electron chi connectivity index (χ4n) is 2.13. The molecule has 0 bridgehead atoms. The van der Waals surface area contributed by atoms with Gasteiger partial charge in [-0.05, 0) is 32.0 Å². The predicted molar refractivity (Wildman–Crippen MR) is 89.2 cm³/mol. The van der Waals surface area contributed by atoms with Crippen molar-refractivity contribution in [1.29, 1.82) is 0 Å². The number of carbonyl (C=O) groups is 2.